The van der Waals surface area contributed by atoms with Crippen LogP contribution in [0.25, 0.3) is 0 Å². The highest BCUT2D eigenvalue weighted by Crippen LogP contribution is 2.29. The number of rotatable bonds is 3. The smallest absolute Gasteiger partial charge is 0.247 e. The quantitative estimate of drug-likeness (QED) is 0.816. The summed E-state index contributed by atoms with van der Waals surface area (Å²) in [5.41, 5.74) is 6.59. The third-order valence-electron chi connectivity index (χ3n) is 2.09. The minimum Gasteiger partial charge on any atom is -0.437 e. The van der Waals surface area contributed by atoms with E-state index in [1.807, 2.05) is 0 Å². The number of anilines is 1. The first kappa shape index (κ1) is 11.6. The molecule has 1 aromatic heterocycles. The number of aliphatic hydroxyl groups is 1. The van der Waals surface area contributed by atoms with Gasteiger partial charge in [0.2, 0.25) is 5.88 Å². The largest absolute Gasteiger partial charge is 0.437 e. The highest BCUT2D eigenvalue weighted by Gasteiger charge is 2.08. The van der Waals surface area contributed by atoms with E-state index in [0.717, 1.165) is 5.56 Å². The van der Waals surface area contributed by atoms with Crippen LogP contribution in [-0.2, 0) is 6.61 Å². The molecule has 2 aromatic rings. The fourth-order valence-corrected chi connectivity index (χ4v) is 1.38. The topological polar surface area (TPSA) is 81.3 Å². The molecule has 0 spiro atoms. The van der Waals surface area contributed by atoms with Gasteiger partial charge in [-0.05, 0) is 17.7 Å². The van der Waals surface area contributed by atoms with Crippen LogP contribution in [0.4, 0.5) is 5.69 Å². The van der Waals surface area contributed by atoms with Crippen LogP contribution >= 0.6 is 11.6 Å². The lowest BCUT2D eigenvalue weighted by molar-refractivity contribution is 0.281. The van der Waals surface area contributed by atoms with Crippen molar-refractivity contribution in [2.24, 2.45) is 0 Å². The number of halogens is 1. The van der Waals surface area contributed by atoms with Crippen molar-refractivity contribution in [3.05, 3.63) is 41.3 Å². The van der Waals surface area contributed by atoms with Crippen molar-refractivity contribution in [3.8, 4) is 11.6 Å². The fourth-order valence-electron chi connectivity index (χ4n) is 1.26. The predicted molar refractivity (Wildman–Crippen MR) is 63.9 cm³/mol. The maximum atomic E-state index is 9.00. The molecular weight excluding hydrogens is 242 g/mol. The van der Waals surface area contributed by atoms with Gasteiger partial charge in [-0.1, -0.05) is 23.7 Å². The van der Waals surface area contributed by atoms with Crippen LogP contribution < -0.4 is 10.5 Å². The molecule has 2 rings (SSSR count). The van der Waals surface area contributed by atoms with Crippen LogP contribution in [0, 0.1) is 0 Å². The molecule has 0 aliphatic rings. The molecule has 0 saturated heterocycles. The summed E-state index contributed by atoms with van der Waals surface area (Å²) in [4.78, 5) is 7.61. The van der Waals surface area contributed by atoms with Gasteiger partial charge in [0.15, 0.2) is 5.15 Å². The Bertz CT molecular complexity index is 534. The standard InChI is InChI=1S/C11H10ClN3O2/c12-10-9(13)11(15-6-14-10)17-8-3-1-2-7(4-8)5-16/h1-4,6,16H,5,13H2. The Balaban J connectivity index is 2.28. The van der Waals surface area contributed by atoms with Crippen LogP contribution in [0.3, 0.4) is 0 Å². The van der Waals surface area contributed by atoms with Gasteiger partial charge in [0.05, 0.1) is 6.61 Å². The van der Waals surface area contributed by atoms with Crippen molar-refractivity contribution in [2.45, 2.75) is 6.61 Å². The number of aliphatic hydroxyl groups excluding tert-OH is 1. The third kappa shape index (κ3) is 2.64. The van der Waals surface area contributed by atoms with Crippen molar-refractivity contribution in [1.82, 2.24) is 9.97 Å². The first-order valence-electron chi connectivity index (χ1n) is 4.84. The van der Waals surface area contributed by atoms with Crippen molar-refractivity contribution >= 4 is 17.3 Å². The summed E-state index contributed by atoms with van der Waals surface area (Å²) in [6.45, 7) is -0.0583. The molecule has 88 valence electrons. The Morgan fingerprint density at radius 2 is 2.18 bits per heavy atom. The molecule has 0 unspecified atom stereocenters. The van der Waals surface area contributed by atoms with E-state index < -0.39 is 0 Å². The van der Waals surface area contributed by atoms with Crippen LogP contribution in [0.15, 0.2) is 30.6 Å². The summed E-state index contributed by atoms with van der Waals surface area (Å²) in [5.74, 6) is 0.720. The predicted octanol–water partition coefficient (Wildman–Crippen LogP) is 2.00. The maximum Gasteiger partial charge on any atom is 0.247 e. The zero-order valence-corrected chi connectivity index (χ0v) is 9.55. The molecule has 0 amide bonds. The summed E-state index contributed by atoms with van der Waals surface area (Å²) in [6.07, 6.45) is 1.27. The van der Waals surface area contributed by atoms with E-state index in [-0.39, 0.29) is 23.3 Å². The summed E-state index contributed by atoms with van der Waals surface area (Å²) in [6, 6.07) is 6.97. The second kappa shape index (κ2) is 4.99. The highest BCUT2D eigenvalue weighted by atomic mass is 35.5. The summed E-state index contributed by atoms with van der Waals surface area (Å²) in [7, 11) is 0. The van der Waals surface area contributed by atoms with Crippen molar-refractivity contribution in [2.75, 3.05) is 5.73 Å². The highest BCUT2D eigenvalue weighted by molar-refractivity contribution is 6.32. The minimum absolute atomic E-state index is 0.0583. The summed E-state index contributed by atoms with van der Waals surface area (Å²) >= 11 is 5.74. The SMILES string of the molecule is Nc1c(Cl)ncnc1Oc1cccc(CO)c1. The Labute approximate surface area is 103 Å². The molecule has 0 atom stereocenters. The van der Waals surface area contributed by atoms with Crippen LogP contribution in [-0.4, -0.2) is 15.1 Å². The van der Waals surface area contributed by atoms with Crippen LogP contribution in [0.2, 0.25) is 5.15 Å². The first-order chi connectivity index (χ1) is 8.20. The van der Waals surface area contributed by atoms with Crippen LogP contribution in [0.1, 0.15) is 5.56 Å². The number of aromatic nitrogens is 2. The first-order valence-corrected chi connectivity index (χ1v) is 5.22. The van der Waals surface area contributed by atoms with Crippen molar-refractivity contribution in [3.63, 3.8) is 0 Å². The molecule has 0 aliphatic carbocycles. The van der Waals surface area contributed by atoms with Gasteiger partial charge in [-0.2, -0.15) is 4.98 Å². The van der Waals surface area contributed by atoms with E-state index >= 15 is 0 Å². The molecule has 1 aromatic carbocycles. The van der Waals surface area contributed by atoms with Gasteiger partial charge in [0.1, 0.15) is 17.8 Å². The molecule has 5 nitrogen and oxygen atoms in total. The molecule has 1 heterocycles. The van der Waals surface area contributed by atoms with Gasteiger partial charge in [-0.3, -0.25) is 0 Å². The number of nitrogen functional groups attached to an aromatic ring is 1. The molecule has 0 bridgehead atoms. The summed E-state index contributed by atoms with van der Waals surface area (Å²) < 4.78 is 5.46. The maximum absolute atomic E-state index is 9.00. The summed E-state index contributed by atoms with van der Waals surface area (Å²) in [5, 5.41) is 9.15. The second-order valence-electron chi connectivity index (χ2n) is 3.29. The normalized spacial score (nSPS) is 10.2. The lowest BCUT2D eigenvalue weighted by Gasteiger charge is -2.08. The molecule has 0 saturated carbocycles. The van der Waals surface area contributed by atoms with E-state index in [9.17, 15) is 0 Å². The average molecular weight is 252 g/mol. The lowest BCUT2D eigenvalue weighted by Crippen LogP contribution is -1.97. The average Bonchev–Trinajstić information content (AvgIpc) is 2.35. The van der Waals surface area contributed by atoms with E-state index in [2.05, 4.69) is 9.97 Å². The molecular formula is C11H10ClN3O2. The van der Waals surface area contributed by atoms with E-state index in [1.54, 1.807) is 24.3 Å². The zero-order valence-electron chi connectivity index (χ0n) is 8.80. The zero-order chi connectivity index (χ0) is 12.3. The van der Waals surface area contributed by atoms with Gasteiger partial charge in [-0.15, -0.1) is 0 Å². The molecule has 3 N–H and O–H groups in total. The van der Waals surface area contributed by atoms with Crippen molar-refractivity contribution in [1.29, 1.82) is 0 Å². The molecule has 0 fully saturated rings. The monoisotopic (exact) mass is 251 g/mol. The van der Waals surface area contributed by atoms with Crippen LogP contribution in [0.5, 0.6) is 11.6 Å². The van der Waals surface area contributed by atoms with Gasteiger partial charge in [0.25, 0.3) is 0 Å². The number of hydrogen-bond donors (Lipinski definition) is 2. The molecule has 6 heteroatoms. The minimum atomic E-state index is -0.0583. The number of nitrogens with two attached hydrogens (primary N) is 1. The van der Waals surface area contributed by atoms with Gasteiger partial charge in [0, 0.05) is 0 Å². The Morgan fingerprint density at radius 1 is 1.35 bits per heavy atom. The third-order valence-corrected chi connectivity index (χ3v) is 2.40. The number of hydrogen-bond acceptors (Lipinski definition) is 5. The Hall–Kier alpha value is -1.85. The van der Waals surface area contributed by atoms with Crippen molar-refractivity contribution < 1.29 is 9.84 Å². The van der Waals surface area contributed by atoms with E-state index in [0.29, 0.717) is 5.75 Å². The van der Waals surface area contributed by atoms with E-state index in [4.69, 9.17) is 27.2 Å². The number of benzene rings is 1. The lowest BCUT2D eigenvalue weighted by atomic mass is 10.2. The number of nitrogens with zero attached hydrogens (tertiary/aromatic N) is 2. The van der Waals surface area contributed by atoms with E-state index in [1.165, 1.54) is 6.33 Å². The Kier molecular flexibility index (Phi) is 3.41. The molecule has 0 radical (unpaired) electrons. The van der Waals surface area contributed by atoms with Gasteiger partial charge >= 0.3 is 0 Å². The molecule has 0 aliphatic heterocycles. The van der Waals surface area contributed by atoms with Gasteiger partial charge < -0.3 is 15.6 Å². The Morgan fingerprint density at radius 3 is 2.94 bits per heavy atom. The molecule has 17 heavy (non-hydrogen) atoms. The van der Waals surface area contributed by atoms with Gasteiger partial charge in [-0.25, -0.2) is 4.98 Å². The number of ether oxygens (including phenoxy) is 1. The fraction of sp³-hybridized carbons (Fsp3) is 0.0909. The second-order valence-corrected chi connectivity index (χ2v) is 3.65.